The Hall–Kier alpha value is -3.13. The van der Waals surface area contributed by atoms with Crippen LogP contribution in [0.15, 0.2) is 87.2 Å². The van der Waals surface area contributed by atoms with E-state index in [1.807, 2.05) is 30.3 Å². The third-order valence-corrected chi connectivity index (χ3v) is 6.11. The molecule has 32 heavy (non-hydrogen) atoms. The van der Waals surface area contributed by atoms with E-state index in [-0.39, 0.29) is 5.56 Å². The first-order chi connectivity index (χ1) is 15.6. The second-order valence-corrected chi connectivity index (χ2v) is 8.64. The maximum atomic E-state index is 13.3. The van der Waals surface area contributed by atoms with Crippen molar-refractivity contribution in [2.45, 2.75) is 10.9 Å². The van der Waals surface area contributed by atoms with E-state index in [0.29, 0.717) is 49.3 Å². The largest absolute Gasteiger partial charge is 0.420 e. The maximum absolute atomic E-state index is 13.3. The van der Waals surface area contributed by atoms with Crippen molar-refractivity contribution in [3.8, 4) is 17.1 Å². The molecule has 0 amide bonds. The molecule has 158 valence electrons. The van der Waals surface area contributed by atoms with Crippen molar-refractivity contribution >= 4 is 45.9 Å². The molecule has 0 saturated heterocycles. The van der Waals surface area contributed by atoms with Gasteiger partial charge in [0.05, 0.1) is 22.3 Å². The van der Waals surface area contributed by atoms with Crippen molar-refractivity contribution in [1.82, 2.24) is 19.7 Å². The Kier molecular flexibility index (Phi) is 5.70. The van der Waals surface area contributed by atoms with Crippen LogP contribution in [0.25, 0.3) is 28.0 Å². The van der Waals surface area contributed by atoms with Crippen molar-refractivity contribution in [3.05, 3.63) is 99.1 Å². The lowest BCUT2D eigenvalue weighted by Gasteiger charge is -2.13. The van der Waals surface area contributed by atoms with Crippen molar-refractivity contribution < 1.29 is 4.42 Å². The van der Waals surface area contributed by atoms with Gasteiger partial charge in [0.25, 0.3) is 5.56 Å². The molecule has 0 aliphatic carbocycles. The molecule has 0 spiro atoms. The van der Waals surface area contributed by atoms with E-state index in [4.69, 9.17) is 32.6 Å². The predicted octanol–water partition coefficient (Wildman–Crippen LogP) is 6.03. The zero-order valence-corrected chi connectivity index (χ0v) is 18.7. The molecule has 0 aliphatic heterocycles. The summed E-state index contributed by atoms with van der Waals surface area (Å²) in [6.07, 6.45) is 0. The van der Waals surface area contributed by atoms with Crippen molar-refractivity contribution in [2.24, 2.45) is 0 Å². The topological polar surface area (TPSA) is 73.8 Å². The van der Waals surface area contributed by atoms with Crippen LogP contribution in [0.3, 0.4) is 0 Å². The number of hydrogen-bond donors (Lipinski definition) is 0. The maximum Gasteiger partial charge on any atom is 0.266 e. The summed E-state index contributed by atoms with van der Waals surface area (Å²) in [6, 6.07) is 21.6. The number of hydrogen-bond acceptors (Lipinski definition) is 6. The number of thioether (sulfide) groups is 1. The van der Waals surface area contributed by atoms with Gasteiger partial charge in [-0.15, -0.1) is 10.2 Å². The van der Waals surface area contributed by atoms with E-state index in [1.165, 1.54) is 11.8 Å². The molecule has 0 radical (unpaired) electrons. The van der Waals surface area contributed by atoms with Crippen LogP contribution in [-0.4, -0.2) is 19.7 Å². The van der Waals surface area contributed by atoms with Gasteiger partial charge in [-0.05, 0) is 54.6 Å². The molecule has 3 aromatic carbocycles. The monoisotopic (exact) mass is 480 g/mol. The minimum atomic E-state index is -0.202. The highest BCUT2D eigenvalue weighted by Gasteiger charge is 2.16. The molecular formula is C23H14Cl2N4O2S. The number of halogens is 2. The van der Waals surface area contributed by atoms with E-state index in [1.54, 1.807) is 47.0 Å². The average Bonchev–Trinajstić information content (AvgIpc) is 3.28. The van der Waals surface area contributed by atoms with E-state index >= 15 is 0 Å². The first-order valence-corrected chi connectivity index (χ1v) is 11.3. The predicted molar refractivity (Wildman–Crippen MR) is 127 cm³/mol. The summed E-state index contributed by atoms with van der Waals surface area (Å²) >= 11 is 13.5. The Bertz CT molecular complexity index is 1470. The summed E-state index contributed by atoms with van der Waals surface area (Å²) in [6.45, 7) is 0. The molecular weight excluding hydrogens is 467 g/mol. The molecule has 0 saturated carbocycles. The summed E-state index contributed by atoms with van der Waals surface area (Å²) in [7, 11) is 0. The van der Waals surface area contributed by atoms with Gasteiger partial charge in [-0.2, -0.15) is 0 Å². The highest BCUT2D eigenvalue weighted by atomic mass is 35.5. The van der Waals surface area contributed by atoms with Gasteiger partial charge in [0.2, 0.25) is 11.8 Å². The van der Waals surface area contributed by atoms with E-state index in [0.717, 1.165) is 5.56 Å². The van der Waals surface area contributed by atoms with Crippen LogP contribution in [0.4, 0.5) is 0 Å². The minimum absolute atomic E-state index is 0.202. The zero-order valence-electron chi connectivity index (χ0n) is 16.4. The van der Waals surface area contributed by atoms with Gasteiger partial charge in [0.15, 0.2) is 5.16 Å². The molecule has 0 N–H and O–H groups in total. The molecule has 0 fully saturated rings. The van der Waals surface area contributed by atoms with Crippen LogP contribution in [-0.2, 0) is 5.75 Å². The summed E-state index contributed by atoms with van der Waals surface area (Å²) in [5, 5.41) is 10.3. The van der Waals surface area contributed by atoms with Gasteiger partial charge in [-0.25, -0.2) is 4.98 Å². The molecule has 0 bridgehead atoms. The molecule has 2 heterocycles. The molecule has 0 atom stereocenters. The van der Waals surface area contributed by atoms with Gasteiger partial charge < -0.3 is 4.42 Å². The zero-order chi connectivity index (χ0) is 22.1. The van der Waals surface area contributed by atoms with Crippen LogP contribution in [0.2, 0.25) is 10.0 Å². The van der Waals surface area contributed by atoms with Crippen molar-refractivity contribution in [2.75, 3.05) is 0 Å². The number of rotatable bonds is 5. The lowest BCUT2D eigenvalue weighted by atomic mass is 10.2. The average molecular weight is 481 g/mol. The van der Waals surface area contributed by atoms with E-state index in [2.05, 4.69) is 10.2 Å². The quantitative estimate of drug-likeness (QED) is 0.225. The second-order valence-electron chi connectivity index (χ2n) is 6.83. The third-order valence-electron chi connectivity index (χ3n) is 4.70. The van der Waals surface area contributed by atoms with Crippen LogP contribution in [0, 0.1) is 0 Å². The number of benzene rings is 3. The summed E-state index contributed by atoms with van der Waals surface area (Å²) in [5.74, 6) is 1.21. The third kappa shape index (κ3) is 4.14. The second kappa shape index (κ2) is 8.78. The smallest absolute Gasteiger partial charge is 0.266 e. The van der Waals surface area contributed by atoms with Gasteiger partial charge in [0, 0.05) is 15.6 Å². The van der Waals surface area contributed by atoms with Gasteiger partial charge in [-0.1, -0.05) is 53.2 Å². The van der Waals surface area contributed by atoms with Gasteiger partial charge in [0.1, 0.15) is 0 Å². The molecule has 0 unspecified atom stereocenters. The fourth-order valence-corrected chi connectivity index (χ4v) is 4.33. The standard InChI is InChI=1S/C23H14Cl2N4O2S/c24-15-6-9-17(10-7-15)29-22(30)18-11-8-16(25)12-19(18)26-23(29)32-13-20-27-28-21(31-20)14-4-2-1-3-5-14/h1-12H,13H2. The van der Waals surface area contributed by atoms with Gasteiger partial charge in [-0.3, -0.25) is 9.36 Å². The first-order valence-electron chi connectivity index (χ1n) is 9.57. The number of aromatic nitrogens is 4. The van der Waals surface area contributed by atoms with E-state index < -0.39 is 0 Å². The highest BCUT2D eigenvalue weighted by Crippen LogP contribution is 2.27. The molecule has 2 aromatic heterocycles. The van der Waals surface area contributed by atoms with Crippen LogP contribution in [0.5, 0.6) is 0 Å². The van der Waals surface area contributed by atoms with Gasteiger partial charge >= 0.3 is 0 Å². The van der Waals surface area contributed by atoms with Crippen molar-refractivity contribution in [1.29, 1.82) is 0 Å². The molecule has 5 rings (SSSR count). The minimum Gasteiger partial charge on any atom is -0.420 e. The van der Waals surface area contributed by atoms with Crippen LogP contribution < -0.4 is 5.56 Å². The molecule has 0 aliphatic rings. The fraction of sp³-hybridized carbons (Fsp3) is 0.0435. The lowest BCUT2D eigenvalue weighted by Crippen LogP contribution is -2.21. The van der Waals surface area contributed by atoms with E-state index in [9.17, 15) is 4.79 Å². The SMILES string of the molecule is O=c1c2ccc(Cl)cc2nc(SCc2nnc(-c3ccccc3)o2)n1-c1ccc(Cl)cc1. The Morgan fingerprint density at radius 1 is 0.906 bits per heavy atom. The summed E-state index contributed by atoms with van der Waals surface area (Å²) in [5.41, 5.74) is 1.81. The molecule has 6 nitrogen and oxygen atoms in total. The summed E-state index contributed by atoms with van der Waals surface area (Å²) < 4.78 is 7.34. The summed E-state index contributed by atoms with van der Waals surface area (Å²) in [4.78, 5) is 18.0. The molecule has 5 aromatic rings. The van der Waals surface area contributed by atoms with Crippen molar-refractivity contribution in [3.63, 3.8) is 0 Å². The van der Waals surface area contributed by atoms with Crippen LogP contribution >= 0.6 is 35.0 Å². The fourth-order valence-electron chi connectivity index (χ4n) is 3.19. The highest BCUT2D eigenvalue weighted by molar-refractivity contribution is 7.98. The molecule has 9 heteroatoms. The number of nitrogens with zero attached hydrogens (tertiary/aromatic N) is 4. The lowest BCUT2D eigenvalue weighted by molar-refractivity contribution is 0.528. The Labute approximate surface area is 196 Å². The first kappa shape index (κ1) is 20.8. The Morgan fingerprint density at radius 2 is 1.66 bits per heavy atom. The van der Waals surface area contributed by atoms with Crippen LogP contribution in [0.1, 0.15) is 5.89 Å². The normalized spacial score (nSPS) is 11.2. The Morgan fingerprint density at radius 3 is 2.44 bits per heavy atom. The Balaban J connectivity index is 1.54. The number of fused-ring (bicyclic) bond motifs is 1.